The molecule has 2 aromatic carbocycles. The van der Waals surface area contributed by atoms with E-state index in [4.69, 9.17) is 4.74 Å². The average Bonchev–Trinajstić information content (AvgIpc) is 2.73. The van der Waals surface area contributed by atoms with Gasteiger partial charge in [-0.2, -0.15) is 0 Å². The molecule has 0 radical (unpaired) electrons. The third-order valence-electron chi connectivity index (χ3n) is 6.35. The van der Waals surface area contributed by atoms with Crippen LogP contribution in [0.4, 0.5) is 0 Å². The molecule has 4 rings (SSSR count). The summed E-state index contributed by atoms with van der Waals surface area (Å²) < 4.78 is 5.50. The number of carbonyl (C=O) groups is 1. The molecule has 1 aliphatic heterocycles. The van der Waals surface area contributed by atoms with Gasteiger partial charge in [-0.05, 0) is 36.8 Å². The van der Waals surface area contributed by atoms with Crippen molar-refractivity contribution >= 4 is 5.97 Å². The van der Waals surface area contributed by atoms with Crippen molar-refractivity contribution in [1.29, 1.82) is 0 Å². The maximum atomic E-state index is 11.7. The number of fused-ring (bicyclic) bond motifs is 2. The minimum atomic E-state index is -0.678. The minimum absolute atomic E-state index is 0.0331. The molecule has 3 N–H and O–H groups in total. The van der Waals surface area contributed by atoms with Gasteiger partial charge in [0.25, 0.3) is 0 Å². The molecule has 0 spiro atoms. The summed E-state index contributed by atoms with van der Waals surface area (Å²) in [7, 11) is 1.70. The Labute approximate surface area is 166 Å². The summed E-state index contributed by atoms with van der Waals surface area (Å²) in [5, 5.41) is 17.1. The van der Waals surface area contributed by atoms with Gasteiger partial charge in [0.05, 0.1) is 13.0 Å². The highest BCUT2D eigenvalue weighted by molar-refractivity contribution is 5.71. The van der Waals surface area contributed by atoms with Gasteiger partial charge in [-0.1, -0.05) is 48.5 Å². The number of para-hydroxylation sites is 1. The lowest BCUT2D eigenvalue weighted by molar-refractivity contribution is -0.145. The summed E-state index contributed by atoms with van der Waals surface area (Å²) in [4.78, 5) is 11.7. The van der Waals surface area contributed by atoms with Gasteiger partial charge in [0.1, 0.15) is 5.75 Å². The molecule has 1 saturated heterocycles. The topological polar surface area (TPSA) is 70.6 Å². The largest absolute Gasteiger partial charge is 0.496 e. The van der Waals surface area contributed by atoms with Crippen LogP contribution in [0.25, 0.3) is 0 Å². The lowest BCUT2D eigenvalue weighted by atomic mass is 9.69. The van der Waals surface area contributed by atoms with Crippen molar-refractivity contribution in [3.8, 4) is 5.75 Å². The number of carboxylic acid groups (broad SMARTS) is 1. The van der Waals surface area contributed by atoms with Crippen LogP contribution in [0.2, 0.25) is 0 Å². The average molecular weight is 380 g/mol. The molecule has 148 valence electrons. The van der Waals surface area contributed by atoms with Crippen molar-refractivity contribution in [3.05, 3.63) is 65.7 Å². The van der Waals surface area contributed by atoms with Gasteiger partial charge >= 0.3 is 5.97 Å². The number of hydrogen-bond donors (Lipinski definition) is 3. The molecule has 0 aromatic heterocycles. The number of piperidine rings is 1. The molecule has 28 heavy (non-hydrogen) atoms. The molecular formula is C23H28N2O3. The predicted octanol–water partition coefficient (Wildman–Crippen LogP) is 3.37. The van der Waals surface area contributed by atoms with E-state index in [1.54, 1.807) is 7.11 Å². The van der Waals surface area contributed by atoms with Gasteiger partial charge in [0, 0.05) is 30.2 Å². The van der Waals surface area contributed by atoms with Crippen molar-refractivity contribution in [3.63, 3.8) is 0 Å². The van der Waals surface area contributed by atoms with Gasteiger partial charge in [0.2, 0.25) is 0 Å². The smallest absolute Gasteiger partial charge is 0.308 e. The van der Waals surface area contributed by atoms with Crippen LogP contribution < -0.4 is 15.4 Å². The molecular weight excluding hydrogens is 352 g/mol. The molecule has 2 fully saturated rings. The number of nitrogens with one attached hydrogen (secondary N) is 2. The van der Waals surface area contributed by atoms with Gasteiger partial charge in [-0.25, -0.2) is 0 Å². The van der Waals surface area contributed by atoms with Crippen LogP contribution in [0.3, 0.4) is 0 Å². The molecule has 5 nitrogen and oxygen atoms in total. The van der Waals surface area contributed by atoms with E-state index in [0.717, 1.165) is 37.1 Å². The molecule has 2 bridgehead atoms. The molecule has 5 heteroatoms. The SMILES string of the molecule is COc1ccccc1CNC1C2CCC(C(=O)O)C(C2)NC1c1ccccc1. The summed E-state index contributed by atoms with van der Waals surface area (Å²) in [6.07, 6.45) is 2.60. The Morgan fingerprint density at radius 3 is 2.64 bits per heavy atom. The third-order valence-corrected chi connectivity index (χ3v) is 6.35. The summed E-state index contributed by atoms with van der Waals surface area (Å²) >= 11 is 0. The Morgan fingerprint density at radius 1 is 1.14 bits per heavy atom. The number of rotatable bonds is 6. The number of ether oxygens (including phenoxy) is 1. The second-order valence-corrected chi connectivity index (χ2v) is 7.90. The number of carboxylic acids is 1. The van der Waals surface area contributed by atoms with Gasteiger partial charge in [-0.15, -0.1) is 0 Å². The van der Waals surface area contributed by atoms with E-state index in [9.17, 15) is 9.90 Å². The molecule has 1 heterocycles. The van der Waals surface area contributed by atoms with E-state index >= 15 is 0 Å². The van der Waals surface area contributed by atoms with Crippen molar-refractivity contribution in [2.24, 2.45) is 11.8 Å². The fraction of sp³-hybridized carbons (Fsp3) is 0.435. The second-order valence-electron chi connectivity index (χ2n) is 7.90. The first-order chi connectivity index (χ1) is 13.7. The highest BCUT2D eigenvalue weighted by Gasteiger charge is 2.45. The third kappa shape index (κ3) is 3.77. The maximum absolute atomic E-state index is 11.7. The first-order valence-electron chi connectivity index (χ1n) is 10.1. The summed E-state index contributed by atoms with van der Waals surface area (Å²) in [6.45, 7) is 0.725. The normalized spacial score (nSPS) is 29.2. The molecule has 2 aromatic rings. The summed E-state index contributed by atoms with van der Waals surface area (Å²) in [6, 6.07) is 18.8. The van der Waals surface area contributed by atoms with E-state index in [1.807, 2.05) is 36.4 Å². The van der Waals surface area contributed by atoms with Crippen LogP contribution in [-0.4, -0.2) is 30.3 Å². The Hall–Kier alpha value is -2.37. The van der Waals surface area contributed by atoms with Crippen molar-refractivity contribution in [1.82, 2.24) is 10.6 Å². The molecule has 1 aliphatic carbocycles. The molecule has 5 atom stereocenters. The zero-order chi connectivity index (χ0) is 19.5. The van der Waals surface area contributed by atoms with E-state index in [1.165, 1.54) is 5.56 Å². The number of aliphatic carboxylic acids is 1. The Balaban J connectivity index is 1.57. The zero-order valence-electron chi connectivity index (χ0n) is 16.2. The van der Waals surface area contributed by atoms with Crippen molar-refractivity contribution in [2.45, 2.75) is 43.9 Å². The summed E-state index contributed by atoms with van der Waals surface area (Å²) in [5.74, 6) is 0.380. The maximum Gasteiger partial charge on any atom is 0.308 e. The highest BCUT2D eigenvalue weighted by atomic mass is 16.5. The Morgan fingerprint density at radius 2 is 1.89 bits per heavy atom. The first-order valence-corrected chi connectivity index (χ1v) is 10.1. The summed E-state index contributed by atoms with van der Waals surface area (Å²) in [5.41, 5.74) is 2.35. The quantitative estimate of drug-likeness (QED) is 0.717. The van der Waals surface area contributed by atoms with Crippen LogP contribution in [-0.2, 0) is 11.3 Å². The Bertz CT molecular complexity index is 811. The van der Waals surface area contributed by atoms with E-state index in [0.29, 0.717) is 5.92 Å². The van der Waals surface area contributed by atoms with E-state index in [2.05, 4.69) is 28.8 Å². The van der Waals surface area contributed by atoms with Crippen molar-refractivity contribution in [2.75, 3.05) is 7.11 Å². The molecule has 5 unspecified atom stereocenters. The molecule has 2 aliphatic rings. The number of methoxy groups -OCH3 is 1. The van der Waals surface area contributed by atoms with E-state index < -0.39 is 5.97 Å². The van der Waals surface area contributed by atoms with Crippen LogP contribution >= 0.6 is 0 Å². The fourth-order valence-electron chi connectivity index (χ4n) is 4.94. The first kappa shape index (κ1) is 19.0. The molecule has 0 amide bonds. The standard InChI is InChI=1S/C23H28N2O3/c1-28-20-10-6-5-9-17(20)14-24-21-16-11-12-18(23(26)27)19(13-16)25-22(21)15-7-3-2-4-8-15/h2-10,16,18-19,21-22,24-25H,11-14H2,1H3,(H,26,27). The Kier molecular flexibility index (Phi) is 5.64. The van der Waals surface area contributed by atoms with Gasteiger partial charge in [0.15, 0.2) is 0 Å². The highest BCUT2D eigenvalue weighted by Crippen LogP contribution is 2.41. The van der Waals surface area contributed by atoms with Crippen molar-refractivity contribution < 1.29 is 14.6 Å². The minimum Gasteiger partial charge on any atom is -0.496 e. The van der Waals surface area contributed by atoms with Crippen LogP contribution in [0.15, 0.2) is 54.6 Å². The van der Waals surface area contributed by atoms with Crippen LogP contribution in [0.1, 0.15) is 36.4 Å². The fourth-order valence-corrected chi connectivity index (χ4v) is 4.94. The number of hydrogen-bond acceptors (Lipinski definition) is 4. The van der Waals surface area contributed by atoms with E-state index in [-0.39, 0.29) is 24.0 Å². The van der Waals surface area contributed by atoms with Gasteiger partial charge < -0.3 is 20.5 Å². The lowest BCUT2D eigenvalue weighted by Gasteiger charge is -2.49. The molecule has 1 saturated carbocycles. The monoisotopic (exact) mass is 380 g/mol. The predicted molar refractivity (Wildman–Crippen MR) is 108 cm³/mol. The second kappa shape index (κ2) is 8.33. The lowest BCUT2D eigenvalue weighted by Crippen LogP contribution is -2.60. The van der Waals surface area contributed by atoms with Crippen LogP contribution in [0.5, 0.6) is 5.75 Å². The van der Waals surface area contributed by atoms with Crippen LogP contribution in [0, 0.1) is 11.8 Å². The zero-order valence-corrected chi connectivity index (χ0v) is 16.2. The van der Waals surface area contributed by atoms with Gasteiger partial charge in [-0.3, -0.25) is 4.79 Å². The number of benzene rings is 2.